The molecule has 1 N–H and O–H groups in total. The Morgan fingerprint density at radius 2 is 1.78 bits per heavy atom. The van der Waals surface area contributed by atoms with Gasteiger partial charge in [-0.25, -0.2) is 4.39 Å². The molecule has 32 heavy (non-hydrogen) atoms. The Kier molecular flexibility index (Phi) is 7.53. The molecule has 1 heterocycles. The van der Waals surface area contributed by atoms with E-state index in [0.717, 1.165) is 61.9 Å². The third kappa shape index (κ3) is 5.94. The van der Waals surface area contributed by atoms with Crippen LogP contribution in [0, 0.1) is 11.7 Å². The molecule has 170 valence electrons. The van der Waals surface area contributed by atoms with Crippen LogP contribution in [0.1, 0.15) is 49.7 Å². The number of amides is 2. The molecule has 1 aliphatic heterocycles. The fourth-order valence-corrected chi connectivity index (χ4v) is 4.58. The summed E-state index contributed by atoms with van der Waals surface area (Å²) in [5.74, 6) is -0.229. The molecule has 0 aromatic heterocycles. The lowest BCUT2D eigenvalue weighted by Crippen LogP contribution is -2.35. The highest BCUT2D eigenvalue weighted by atomic mass is 19.1. The molecule has 1 saturated carbocycles. The summed E-state index contributed by atoms with van der Waals surface area (Å²) >= 11 is 0. The zero-order valence-electron chi connectivity index (χ0n) is 18.4. The van der Waals surface area contributed by atoms with Crippen molar-refractivity contribution in [3.63, 3.8) is 0 Å². The summed E-state index contributed by atoms with van der Waals surface area (Å²) in [6.07, 6.45) is 6.41. The Morgan fingerprint density at radius 3 is 2.47 bits per heavy atom. The van der Waals surface area contributed by atoms with Gasteiger partial charge in [0.15, 0.2) is 0 Å². The molecule has 1 aliphatic carbocycles. The number of nitrogens with one attached hydrogen (secondary N) is 1. The van der Waals surface area contributed by atoms with Gasteiger partial charge in [0, 0.05) is 24.8 Å². The topological polar surface area (TPSA) is 58.6 Å². The molecule has 2 fully saturated rings. The van der Waals surface area contributed by atoms with Gasteiger partial charge in [-0.1, -0.05) is 37.1 Å². The van der Waals surface area contributed by atoms with E-state index in [0.29, 0.717) is 13.1 Å². The van der Waals surface area contributed by atoms with Crippen LogP contribution in [0.5, 0.6) is 0 Å². The van der Waals surface area contributed by atoms with Crippen molar-refractivity contribution in [3.05, 3.63) is 65.5 Å². The Labute approximate surface area is 188 Å². The van der Waals surface area contributed by atoms with Crippen LogP contribution in [0.25, 0.3) is 0 Å². The van der Waals surface area contributed by atoms with Crippen molar-refractivity contribution in [1.29, 1.82) is 0 Å². The van der Waals surface area contributed by atoms with Crippen LogP contribution in [0.2, 0.25) is 0 Å². The van der Waals surface area contributed by atoms with Crippen molar-refractivity contribution in [2.24, 2.45) is 5.92 Å². The van der Waals surface area contributed by atoms with Crippen molar-refractivity contribution < 1.29 is 18.7 Å². The monoisotopic (exact) mass is 438 g/mol. The van der Waals surface area contributed by atoms with Gasteiger partial charge < -0.3 is 15.0 Å². The van der Waals surface area contributed by atoms with Gasteiger partial charge in [0.25, 0.3) is 0 Å². The lowest BCUT2D eigenvalue weighted by Gasteiger charge is -2.26. The van der Waals surface area contributed by atoms with Gasteiger partial charge in [-0.05, 0) is 61.1 Å². The first-order chi connectivity index (χ1) is 15.6. The van der Waals surface area contributed by atoms with Crippen molar-refractivity contribution in [2.75, 3.05) is 18.1 Å². The van der Waals surface area contributed by atoms with Gasteiger partial charge in [-0.15, -0.1) is 0 Å². The van der Waals surface area contributed by atoms with Crippen LogP contribution >= 0.6 is 0 Å². The number of carbonyl (C=O) groups excluding carboxylic acids is 2. The van der Waals surface area contributed by atoms with Crippen LogP contribution < -0.4 is 10.2 Å². The number of carbonyl (C=O) groups is 2. The second kappa shape index (κ2) is 10.7. The number of anilines is 1. The van der Waals surface area contributed by atoms with Gasteiger partial charge in [0.1, 0.15) is 5.82 Å². The molecule has 5 nitrogen and oxygen atoms in total. The smallest absolute Gasteiger partial charge is 0.230 e. The van der Waals surface area contributed by atoms with Gasteiger partial charge in [0.05, 0.1) is 19.1 Å². The number of benzene rings is 2. The average Bonchev–Trinajstić information content (AvgIpc) is 3.51. The largest absolute Gasteiger partial charge is 0.376 e. The predicted molar refractivity (Wildman–Crippen MR) is 122 cm³/mol. The molecule has 0 radical (unpaired) electrons. The van der Waals surface area contributed by atoms with E-state index in [1.165, 1.54) is 12.1 Å². The van der Waals surface area contributed by atoms with E-state index in [1.54, 1.807) is 11.0 Å². The first kappa shape index (κ1) is 22.5. The van der Waals surface area contributed by atoms with E-state index in [1.807, 2.05) is 30.3 Å². The quantitative estimate of drug-likeness (QED) is 0.665. The lowest BCUT2D eigenvalue weighted by molar-refractivity contribution is -0.122. The predicted octanol–water partition coefficient (Wildman–Crippen LogP) is 4.39. The summed E-state index contributed by atoms with van der Waals surface area (Å²) in [6.45, 7) is 1.65. The SMILES string of the molecule is O=C(Cc1ccc(N(Cc2cccc(F)c2)C(=O)C2CCCC2)cc1)NCC1CCCO1. The molecule has 1 unspecified atom stereocenters. The highest BCUT2D eigenvalue weighted by molar-refractivity contribution is 5.95. The fourth-order valence-electron chi connectivity index (χ4n) is 4.58. The normalized spacial score (nSPS) is 18.6. The van der Waals surface area contributed by atoms with Crippen LogP contribution in [-0.4, -0.2) is 31.1 Å². The van der Waals surface area contributed by atoms with Gasteiger partial charge in [-0.3, -0.25) is 9.59 Å². The molecule has 1 saturated heterocycles. The van der Waals surface area contributed by atoms with E-state index < -0.39 is 0 Å². The standard InChI is InChI=1S/C26H31FN2O3/c27-22-8-3-5-20(15-22)18-29(26(31)21-6-1-2-7-21)23-12-10-19(11-13-23)16-25(30)28-17-24-9-4-14-32-24/h3,5,8,10-13,15,21,24H,1-2,4,6-7,9,14,16-18H2,(H,28,30). The molecule has 6 heteroatoms. The summed E-state index contributed by atoms with van der Waals surface area (Å²) in [7, 11) is 0. The summed E-state index contributed by atoms with van der Waals surface area (Å²) in [4.78, 5) is 27.3. The molecular formula is C26H31FN2O3. The molecule has 1 atom stereocenters. The molecule has 0 spiro atoms. The number of ether oxygens (including phenoxy) is 1. The Hall–Kier alpha value is -2.73. The summed E-state index contributed by atoms with van der Waals surface area (Å²) in [5, 5.41) is 2.94. The minimum absolute atomic E-state index is 0.0202. The average molecular weight is 439 g/mol. The molecule has 2 aromatic carbocycles. The van der Waals surface area contributed by atoms with E-state index >= 15 is 0 Å². The molecule has 4 rings (SSSR count). The molecule has 0 bridgehead atoms. The number of halogens is 1. The first-order valence-electron chi connectivity index (χ1n) is 11.6. The summed E-state index contributed by atoms with van der Waals surface area (Å²) < 4.78 is 19.2. The van der Waals surface area contributed by atoms with E-state index in [4.69, 9.17) is 4.74 Å². The van der Waals surface area contributed by atoms with Crippen LogP contribution in [-0.2, 0) is 27.3 Å². The summed E-state index contributed by atoms with van der Waals surface area (Å²) in [5.41, 5.74) is 2.42. The first-order valence-corrected chi connectivity index (χ1v) is 11.6. The Bertz CT molecular complexity index is 919. The van der Waals surface area contributed by atoms with E-state index in [-0.39, 0.29) is 36.1 Å². The van der Waals surface area contributed by atoms with Gasteiger partial charge in [0.2, 0.25) is 11.8 Å². The van der Waals surface area contributed by atoms with Crippen LogP contribution in [0.15, 0.2) is 48.5 Å². The lowest BCUT2D eigenvalue weighted by atomic mass is 10.0. The van der Waals surface area contributed by atoms with Crippen molar-refractivity contribution >= 4 is 17.5 Å². The second-order valence-electron chi connectivity index (χ2n) is 8.82. The number of rotatable bonds is 8. The van der Waals surface area contributed by atoms with Gasteiger partial charge >= 0.3 is 0 Å². The Balaban J connectivity index is 1.43. The van der Waals surface area contributed by atoms with Gasteiger partial charge in [-0.2, -0.15) is 0 Å². The molecule has 2 aliphatic rings. The third-order valence-electron chi connectivity index (χ3n) is 6.36. The zero-order chi connectivity index (χ0) is 22.3. The number of hydrogen-bond donors (Lipinski definition) is 1. The fraction of sp³-hybridized carbons (Fsp3) is 0.462. The highest BCUT2D eigenvalue weighted by Crippen LogP contribution is 2.30. The van der Waals surface area contributed by atoms with E-state index in [2.05, 4.69) is 5.32 Å². The number of nitrogens with zero attached hydrogens (tertiary/aromatic N) is 1. The Morgan fingerprint density at radius 1 is 1.00 bits per heavy atom. The third-order valence-corrected chi connectivity index (χ3v) is 6.36. The minimum Gasteiger partial charge on any atom is -0.376 e. The molecular weight excluding hydrogens is 407 g/mol. The highest BCUT2D eigenvalue weighted by Gasteiger charge is 2.28. The minimum atomic E-state index is -0.305. The van der Waals surface area contributed by atoms with E-state index in [9.17, 15) is 14.0 Å². The van der Waals surface area contributed by atoms with Crippen LogP contribution in [0.3, 0.4) is 0 Å². The molecule has 2 amide bonds. The van der Waals surface area contributed by atoms with Crippen molar-refractivity contribution in [3.8, 4) is 0 Å². The maximum atomic E-state index is 13.7. The maximum absolute atomic E-state index is 13.7. The summed E-state index contributed by atoms with van der Waals surface area (Å²) in [6, 6.07) is 13.9. The van der Waals surface area contributed by atoms with Crippen molar-refractivity contribution in [2.45, 2.75) is 57.6 Å². The number of hydrogen-bond acceptors (Lipinski definition) is 3. The van der Waals surface area contributed by atoms with Crippen molar-refractivity contribution in [1.82, 2.24) is 5.32 Å². The second-order valence-corrected chi connectivity index (χ2v) is 8.82. The zero-order valence-corrected chi connectivity index (χ0v) is 18.4. The van der Waals surface area contributed by atoms with Crippen LogP contribution in [0.4, 0.5) is 10.1 Å². The molecule has 2 aromatic rings. The maximum Gasteiger partial charge on any atom is 0.230 e.